The molecule has 5 nitrogen and oxygen atoms in total. The maximum absolute atomic E-state index is 5.54. The minimum atomic E-state index is 0.313. The third-order valence-corrected chi connectivity index (χ3v) is 5.05. The lowest BCUT2D eigenvalue weighted by atomic mass is 10.0. The van der Waals surface area contributed by atoms with Crippen LogP contribution < -0.4 is 0 Å². The van der Waals surface area contributed by atoms with E-state index in [0.29, 0.717) is 17.7 Å². The molecule has 134 valence electrons. The van der Waals surface area contributed by atoms with Gasteiger partial charge in [0, 0.05) is 31.0 Å². The summed E-state index contributed by atoms with van der Waals surface area (Å²) < 4.78 is 5.54. The summed E-state index contributed by atoms with van der Waals surface area (Å²) in [5.41, 5.74) is 3.69. The van der Waals surface area contributed by atoms with Gasteiger partial charge < -0.3 is 4.52 Å². The standard InChI is InChI=1S/C21H24N4O/c1-15(2)17-5-3-16(4-6-17)13-25-12-9-19(14-25)21-23-20(24-26-21)18-7-10-22-11-8-18/h3-8,10-11,15,19H,9,12-14H2,1-2H3/t19-/m0/s1. The van der Waals surface area contributed by atoms with Crippen LogP contribution in [-0.4, -0.2) is 33.1 Å². The molecule has 26 heavy (non-hydrogen) atoms. The number of rotatable bonds is 5. The van der Waals surface area contributed by atoms with E-state index in [-0.39, 0.29) is 0 Å². The summed E-state index contributed by atoms with van der Waals surface area (Å²) in [5, 5.41) is 4.13. The van der Waals surface area contributed by atoms with E-state index in [9.17, 15) is 0 Å². The maximum Gasteiger partial charge on any atom is 0.231 e. The molecule has 3 heterocycles. The van der Waals surface area contributed by atoms with Crippen LogP contribution in [0.15, 0.2) is 53.3 Å². The Hall–Kier alpha value is -2.53. The molecule has 0 saturated carbocycles. The van der Waals surface area contributed by atoms with E-state index in [0.717, 1.165) is 37.5 Å². The van der Waals surface area contributed by atoms with Crippen molar-refractivity contribution in [1.82, 2.24) is 20.0 Å². The summed E-state index contributed by atoms with van der Waals surface area (Å²) in [5.74, 6) is 2.28. The van der Waals surface area contributed by atoms with Crippen molar-refractivity contribution in [3.8, 4) is 11.4 Å². The topological polar surface area (TPSA) is 55.1 Å². The first-order valence-corrected chi connectivity index (χ1v) is 9.24. The Morgan fingerprint density at radius 1 is 1.12 bits per heavy atom. The predicted octanol–water partition coefficient (Wildman–Crippen LogP) is 4.24. The second-order valence-corrected chi connectivity index (χ2v) is 7.31. The lowest BCUT2D eigenvalue weighted by Gasteiger charge is -2.16. The molecule has 2 aromatic heterocycles. The SMILES string of the molecule is CC(C)c1ccc(CN2CC[C@H](c3nc(-c4ccncc4)no3)C2)cc1. The van der Waals surface area contributed by atoms with Crippen LogP contribution in [0.3, 0.4) is 0 Å². The molecule has 0 amide bonds. The Labute approximate surface area is 154 Å². The fourth-order valence-corrected chi connectivity index (χ4v) is 3.46. The highest BCUT2D eigenvalue weighted by Crippen LogP contribution is 2.28. The van der Waals surface area contributed by atoms with Gasteiger partial charge in [0.2, 0.25) is 11.7 Å². The Kier molecular flexibility index (Phi) is 4.80. The molecule has 0 spiro atoms. The van der Waals surface area contributed by atoms with Gasteiger partial charge in [-0.1, -0.05) is 43.3 Å². The molecule has 1 saturated heterocycles. The lowest BCUT2D eigenvalue weighted by Crippen LogP contribution is -2.19. The van der Waals surface area contributed by atoms with Gasteiger partial charge in [-0.3, -0.25) is 9.88 Å². The van der Waals surface area contributed by atoms with Gasteiger partial charge in [-0.15, -0.1) is 0 Å². The molecule has 1 aliphatic heterocycles. The molecule has 0 aliphatic carbocycles. The van der Waals surface area contributed by atoms with Crippen molar-refractivity contribution in [3.63, 3.8) is 0 Å². The first-order chi connectivity index (χ1) is 12.7. The van der Waals surface area contributed by atoms with Crippen LogP contribution in [0, 0.1) is 0 Å². The van der Waals surface area contributed by atoms with Gasteiger partial charge in [-0.25, -0.2) is 0 Å². The van der Waals surface area contributed by atoms with Crippen LogP contribution in [0.5, 0.6) is 0 Å². The summed E-state index contributed by atoms with van der Waals surface area (Å²) in [6.45, 7) is 7.45. The maximum atomic E-state index is 5.54. The van der Waals surface area contributed by atoms with E-state index in [1.54, 1.807) is 12.4 Å². The lowest BCUT2D eigenvalue weighted by molar-refractivity contribution is 0.309. The van der Waals surface area contributed by atoms with Crippen LogP contribution in [0.1, 0.15) is 49.1 Å². The van der Waals surface area contributed by atoms with Crippen LogP contribution in [0.4, 0.5) is 0 Å². The molecule has 0 radical (unpaired) electrons. The zero-order valence-corrected chi connectivity index (χ0v) is 15.3. The fourth-order valence-electron chi connectivity index (χ4n) is 3.46. The Morgan fingerprint density at radius 2 is 1.88 bits per heavy atom. The number of aromatic nitrogens is 3. The van der Waals surface area contributed by atoms with Crippen LogP contribution in [0.2, 0.25) is 0 Å². The van der Waals surface area contributed by atoms with Gasteiger partial charge >= 0.3 is 0 Å². The summed E-state index contributed by atoms with van der Waals surface area (Å²) in [7, 11) is 0. The normalized spacial score (nSPS) is 17.9. The van der Waals surface area contributed by atoms with E-state index in [4.69, 9.17) is 4.52 Å². The molecule has 1 aromatic carbocycles. The highest BCUT2D eigenvalue weighted by Gasteiger charge is 2.28. The number of benzene rings is 1. The largest absolute Gasteiger partial charge is 0.339 e. The average molecular weight is 348 g/mol. The Balaban J connectivity index is 1.39. The molecular weight excluding hydrogens is 324 g/mol. The molecule has 1 atom stereocenters. The molecule has 3 aromatic rings. The van der Waals surface area contributed by atoms with Crippen LogP contribution in [0.25, 0.3) is 11.4 Å². The van der Waals surface area contributed by atoms with Crippen molar-refractivity contribution in [2.24, 2.45) is 0 Å². The number of hydrogen-bond acceptors (Lipinski definition) is 5. The van der Waals surface area contributed by atoms with Crippen molar-refractivity contribution >= 4 is 0 Å². The number of pyridine rings is 1. The Morgan fingerprint density at radius 3 is 2.62 bits per heavy atom. The smallest absolute Gasteiger partial charge is 0.231 e. The highest BCUT2D eigenvalue weighted by molar-refractivity contribution is 5.52. The van der Waals surface area contributed by atoms with E-state index < -0.39 is 0 Å². The van der Waals surface area contributed by atoms with Gasteiger partial charge in [0.05, 0.1) is 5.92 Å². The Bertz CT molecular complexity index is 842. The van der Waals surface area contributed by atoms with Gasteiger partial charge in [-0.05, 0) is 42.1 Å². The molecule has 0 bridgehead atoms. The third-order valence-electron chi connectivity index (χ3n) is 5.05. The van der Waals surface area contributed by atoms with E-state index >= 15 is 0 Å². The van der Waals surface area contributed by atoms with Crippen molar-refractivity contribution in [1.29, 1.82) is 0 Å². The number of hydrogen-bond donors (Lipinski definition) is 0. The minimum Gasteiger partial charge on any atom is -0.339 e. The first kappa shape index (κ1) is 16.9. The highest BCUT2D eigenvalue weighted by atomic mass is 16.5. The van der Waals surface area contributed by atoms with Gasteiger partial charge in [0.25, 0.3) is 0 Å². The van der Waals surface area contributed by atoms with Gasteiger partial charge in [0.15, 0.2) is 0 Å². The van der Waals surface area contributed by atoms with E-state index in [1.165, 1.54) is 11.1 Å². The van der Waals surface area contributed by atoms with Crippen molar-refractivity contribution < 1.29 is 4.52 Å². The van der Waals surface area contributed by atoms with E-state index in [2.05, 4.69) is 58.1 Å². The molecule has 0 unspecified atom stereocenters. The van der Waals surface area contributed by atoms with Crippen LogP contribution in [-0.2, 0) is 6.54 Å². The van der Waals surface area contributed by atoms with Gasteiger partial charge in [0.1, 0.15) is 0 Å². The van der Waals surface area contributed by atoms with E-state index in [1.807, 2.05) is 12.1 Å². The minimum absolute atomic E-state index is 0.313. The summed E-state index contributed by atoms with van der Waals surface area (Å²) >= 11 is 0. The fraction of sp³-hybridized carbons (Fsp3) is 0.381. The zero-order valence-electron chi connectivity index (χ0n) is 15.3. The second kappa shape index (κ2) is 7.38. The predicted molar refractivity (Wildman–Crippen MR) is 101 cm³/mol. The summed E-state index contributed by atoms with van der Waals surface area (Å²) in [6.07, 6.45) is 4.54. The van der Waals surface area contributed by atoms with Crippen molar-refractivity contribution in [3.05, 3.63) is 65.8 Å². The quantitative estimate of drug-likeness (QED) is 0.690. The van der Waals surface area contributed by atoms with Gasteiger partial charge in [-0.2, -0.15) is 4.98 Å². The molecule has 4 rings (SSSR count). The monoisotopic (exact) mass is 348 g/mol. The van der Waals surface area contributed by atoms with Crippen LogP contribution >= 0.6 is 0 Å². The first-order valence-electron chi connectivity index (χ1n) is 9.24. The zero-order chi connectivity index (χ0) is 17.9. The molecular formula is C21H24N4O. The molecule has 0 N–H and O–H groups in total. The van der Waals surface area contributed by atoms with Crippen molar-refractivity contribution in [2.45, 2.75) is 38.6 Å². The summed E-state index contributed by atoms with van der Waals surface area (Å²) in [6, 6.07) is 12.8. The molecule has 1 fully saturated rings. The molecule has 5 heteroatoms. The average Bonchev–Trinajstić information content (AvgIpc) is 3.32. The second-order valence-electron chi connectivity index (χ2n) is 7.31. The third kappa shape index (κ3) is 3.68. The van der Waals surface area contributed by atoms with Crippen molar-refractivity contribution in [2.75, 3.05) is 13.1 Å². The molecule has 1 aliphatic rings. The number of nitrogens with zero attached hydrogens (tertiary/aromatic N) is 4. The number of likely N-dealkylation sites (tertiary alicyclic amines) is 1. The summed E-state index contributed by atoms with van der Waals surface area (Å²) in [4.78, 5) is 11.1.